The van der Waals surface area contributed by atoms with Gasteiger partial charge in [-0.3, -0.25) is 9.89 Å². The van der Waals surface area contributed by atoms with Crippen LogP contribution in [-0.2, 0) is 19.4 Å². The molecule has 1 aromatic carbocycles. The number of aryl methyl sites for hydroxylation is 1. The Morgan fingerprint density at radius 3 is 2.62 bits per heavy atom. The van der Waals surface area contributed by atoms with Crippen LogP contribution in [0.3, 0.4) is 0 Å². The fraction of sp³-hybridized carbons (Fsp3) is 0.524. The minimum Gasteiger partial charge on any atom is -0.356 e. The summed E-state index contributed by atoms with van der Waals surface area (Å²) >= 11 is 7.78. The number of aliphatic imine (C=N–C) groups is 1. The first kappa shape index (κ1) is 24.4. The third-order valence-corrected chi connectivity index (χ3v) is 6.51. The molecule has 1 fully saturated rings. The topological polar surface area (TPSA) is 52.6 Å². The summed E-state index contributed by atoms with van der Waals surface area (Å²) in [4.78, 5) is 12.7. The van der Waals surface area contributed by atoms with Crippen molar-refractivity contribution in [2.45, 2.75) is 45.2 Å². The summed E-state index contributed by atoms with van der Waals surface area (Å²) in [6.07, 6.45) is 6.24. The number of benzene rings is 1. The van der Waals surface area contributed by atoms with E-state index in [1.165, 1.54) is 15.4 Å². The second-order valence-electron chi connectivity index (χ2n) is 7.14. The molecule has 0 amide bonds. The maximum atomic E-state index is 5.97. The van der Waals surface area contributed by atoms with E-state index in [4.69, 9.17) is 11.6 Å². The van der Waals surface area contributed by atoms with Gasteiger partial charge in [0.2, 0.25) is 0 Å². The number of rotatable bonds is 7. The van der Waals surface area contributed by atoms with Crippen LogP contribution < -0.4 is 10.6 Å². The van der Waals surface area contributed by atoms with E-state index in [2.05, 4.69) is 44.6 Å². The Morgan fingerprint density at radius 2 is 2.00 bits per heavy atom. The molecule has 2 N–H and O–H groups in total. The van der Waals surface area contributed by atoms with Gasteiger partial charge in [0.25, 0.3) is 0 Å². The quantitative estimate of drug-likeness (QED) is 0.307. The fourth-order valence-corrected chi connectivity index (χ4v) is 4.37. The van der Waals surface area contributed by atoms with Gasteiger partial charge in [0.15, 0.2) is 5.96 Å². The van der Waals surface area contributed by atoms with Gasteiger partial charge < -0.3 is 10.6 Å². The predicted octanol–water partition coefficient (Wildman–Crippen LogP) is 4.35. The highest BCUT2D eigenvalue weighted by Crippen LogP contribution is 2.16. The van der Waals surface area contributed by atoms with Crippen molar-refractivity contribution in [2.24, 2.45) is 4.99 Å². The smallest absolute Gasteiger partial charge is 0.191 e. The van der Waals surface area contributed by atoms with Crippen LogP contribution >= 0.6 is 46.9 Å². The number of guanidine groups is 1. The van der Waals surface area contributed by atoms with Crippen LogP contribution in [0.15, 0.2) is 35.5 Å². The number of nitrogens with one attached hydrogen (secondary N) is 2. The zero-order valence-corrected chi connectivity index (χ0v) is 21.1. The molecule has 0 aliphatic carbocycles. The second kappa shape index (κ2) is 12.7. The van der Waals surface area contributed by atoms with Gasteiger partial charge in [0.05, 0.1) is 5.01 Å². The van der Waals surface area contributed by atoms with E-state index >= 15 is 0 Å². The lowest BCUT2D eigenvalue weighted by atomic mass is 10.0. The van der Waals surface area contributed by atoms with Crippen molar-refractivity contribution < 1.29 is 0 Å². The van der Waals surface area contributed by atoms with E-state index in [-0.39, 0.29) is 24.0 Å². The van der Waals surface area contributed by atoms with Gasteiger partial charge in [-0.1, -0.05) is 30.7 Å². The molecule has 29 heavy (non-hydrogen) atoms. The summed E-state index contributed by atoms with van der Waals surface area (Å²) in [5, 5.41) is 8.99. The van der Waals surface area contributed by atoms with Gasteiger partial charge in [0, 0.05) is 61.8 Å². The molecule has 0 saturated carbocycles. The van der Waals surface area contributed by atoms with Crippen LogP contribution in [0, 0.1) is 0 Å². The monoisotopic (exact) mass is 547 g/mol. The molecule has 0 radical (unpaired) electrons. The maximum Gasteiger partial charge on any atom is 0.191 e. The van der Waals surface area contributed by atoms with Crippen LogP contribution in [0.2, 0.25) is 5.02 Å². The summed E-state index contributed by atoms with van der Waals surface area (Å²) in [6, 6.07) is 8.64. The van der Waals surface area contributed by atoms with Crippen molar-refractivity contribution in [2.75, 3.05) is 26.7 Å². The molecule has 2 heterocycles. The van der Waals surface area contributed by atoms with Gasteiger partial charge in [-0.2, -0.15) is 0 Å². The van der Waals surface area contributed by atoms with E-state index in [0.717, 1.165) is 62.8 Å². The predicted molar refractivity (Wildman–Crippen MR) is 135 cm³/mol. The van der Waals surface area contributed by atoms with Gasteiger partial charge in [-0.15, -0.1) is 35.3 Å². The Hall–Kier alpha value is -0.900. The first-order valence-electron chi connectivity index (χ1n) is 10.0. The van der Waals surface area contributed by atoms with Crippen LogP contribution in [0.5, 0.6) is 0 Å². The molecule has 1 aliphatic rings. The van der Waals surface area contributed by atoms with E-state index in [0.29, 0.717) is 6.04 Å². The Balaban J connectivity index is 0.00000300. The van der Waals surface area contributed by atoms with E-state index in [1.807, 2.05) is 25.4 Å². The van der Waals surface area contributed by atoms with Crippen molar-refractivity contribution in [1.82, 2.24) is 20.5 Å². The molecular formula is C21H31ClIN5S. The molecule has 160 valence electrons. The van der Waals surface area contributed by atoms with E-state index in [1.54, 1.807) is 11.3 Å². The van der Waals surface area contributed by atoms with Crippen molar-refractivity contribution in [3.8, 4) is 0 Å². The van der Waals surface area contributed by atoms with Crippen LogP contribution in [0.1, 0.15) is 35.2 Å². The normalized spacial score (nSPS) is 15.8. The van der Waals surface area contributed by atoms with Crippen molar-refractivity contribution in [3.05, 3.63) is 50.9 Å². The lowest BCUT2D eigenvalue weighted by Gasteiger charge is -2.33. The highest BCUT2D eigenvalue weighted by atomic mass is 127. The molecule has 2 aromatic rings. The Morgan fingerprint density at radius 1 is 1.28 bits per heavy atom. The number of nitrogens with zero attached hydrogens (tertiary/aromatic N) is 3. The lowest BCUT2D eigenvalue weighted by molar-refractivity contribution is 0.198. The number of likely N-dealkylation sites (tertiary alicyclic amines) is 1. The molecule has 0 atom stereocenters. The Kier molecular flexibility index (Phi) is 10.7. The maximum absolute atomic E-state index is 5.97. The summed E-state index contributed by atoms with van der Waals surface area (Å²) in [6.45, 7) is 6.20. The molecule has 0 spiro atoms. The van der Waals surface area contributed by atoms with Gasteiger partial charge >= 0.3 is 0 Å². The van der Waals surface area contributed by atoms with Gasteiger partial charge in [-0.05, 0) is 37.0 Å². The van der Waals surface area contributed by atoms with Crippen molar-refractivity contribution >= 4 is 52.9 Å². The molecule has 3 rings (SSSR count). The molecule has 8 heteroatoms. The molecular weight excluding hydrogens is 517 g/mol. The molecule has 5 nitrogen and oxygen atoms in total. The number of aromatic nitrogens is 1. The van der Waals surface area contributed by atoms with Crippen LogP contribution in [0.4, 0.5) is 0 Å². The third kappa shape index (κ3) is 8.03. The minimum absolute atomic E-state index is 0. The molecule has 1 aromatic heterocycles. The molecule has 1 aliphatic heterocycles. The van der Waals surface area contributed by atoms with Crippen LogP contribution in [-0.4, -0.2) is 48.6 Å². The highest BCUT2D eigenvalue weighted by molar-refractivity contribution is 14.0. The first-order chi connectivity index (χ1) is 13.7. The number of halogens is 2. The highest BCUT2D eigenvalue weighted by Gasteiger charge is 2.20. The van der Waals surface area contributed by atoms with Crippen LogP contribution in [0.25, 0.3) is 0 Å². The Labute approximate surface area is 200 Å². The second-order valence-corrected chi connectivity index (χ2v) is 8.78. The number of thiazole rings is 1. The third-order valence-electron chi connectivity index (χ3n) is 5.05. The summed E-state index contributed by atoms with van der Waals surface area (Å²) < 4.78 is 0. The molecule has 0 unspecified atom stereocenters. The van der Waals surface area contributed by atoms with Gasteiger partial charge in [-0.25, -0.2) is 4.98 Å². The zero-order valence-electron chi connectivity index (χ0n) is 17.2. The molecule has 0 bridgehead atoms. The summed E-state index contributed by atoms with van der Waals surface area (Å²) in [7, 11) is 1.84. The van der Waals surface area contributed by atoms with Gasteiger partial charge in [0.1, 0.15) is 0 Å². The average molecular weight is 548 g/mol. The number of hydrogen-bond donors (Lipinski definition) is 2. The summed E-state index contributed by atoms with van der Waals surface area (Å²) in [5.74, 6) is 0.892. The molecule has 1 saturated heterocycles. The standard InChI is InChI=1S/C21H30ClN5S.HI/c1-3-19-14-25-20(28-19)8-11-24-21(23-2)26-18-9-12-27(13-10-18)15-16-4-6-17(22)7-5-16;/h4-7,14,18H,3,8-13,15H2,1-2H3,(H2,23,24,26);1H. The van der Waals surface area contributed by atoms with E-state index < -0.39 is 0 Å². The van der Waals surface area contributed by atoms with Crippen molar-refractivity contribution in [1.29, 1.82) is 0 Å². The van der Waals surface area contributed by atoms with Crippen molar-refractivity contribution in [3.63, 3.8) is 0 Å². The van der Waals surface area contributed by atoms with E-state index in [9.17, 15) is 0 Å². The SMILES string of the molecule is CCc1cnc(CCNC(=NC)NC2CCN(Cc3ccc(Cl)cc3)CC2)s1.I. The fourth-order valence-electron chi connectivity index (χ4n) is 3.39. The number of piperidine rings is 1. The first-order valence-corrected chi connectivity index (χ1v) is 11.2. The Bertz CT molecular complexity index is 757. The zero-order chi connectivity index (χ0) is 19.8. The number of hydrogen-bond acceptors (Lipinski definition) is 4. The average Bonchev–Trinajstić information content (AvgIpc) is 3.18. The lowest BCUT2D eigenvalue weighted by Crippen LogP contribution is -2.48. The minimum atomic E-state index is 0. The summed E-state index contributed by atoms with van der Waals surface area (Å²) in [5.41, 5.74) is 1.32. The largest absolute Gasteiger partial charge is 0.356 e.